The van der Waals surface area contributed by atoms with Crippen molar-refractivity contribution in [2.45, 2.75) is 19.3 Å². The maximum atomic E-state index is 14.5. The molecule has 0 aliphatic carbocycles. The van der Waals surface area contributed by atoms with E-state index in [1.54, 1.807) is 13.0 Å². The molecule has 1 aromatic carbocycles. The smallest absolute Gasteiger partial charge is 0.225 e. The van der Waals surface area contributed by atoms with Crippen LogP contribution < -0.4 is 11.1 Å². The molecule has 0 fully saturated rings. The molecular weight excluding hydrogens is 375 g/mol. The second kappa shape index (κ2) is 5.94. The Labute approximate surface area is 157 Å². The van der Waals surface area contributed by atoms with Crippen molar-refractivity contribution in [1.82, 2.24) is 4.98 Å². The van der Waals surface area contributed by atoms with Crippen molar-refractivity contribution in [2.24, 2.45) is 0 Å². The quantitative estimate of drug-likeness (QED) is 0.651. The van der Waals surface area contributed by atoms with Gasteiger partial charge in [-0.2, -0.15) is 5.26 Å². The van der Waals surface area contributed by atoms with Crippen LogP contribution in [-0.4, -0.2) is 10.9 Å². The van der Waals surface area contributed by atoms with E-state index in [-0.39, 0.29) is 28.7 Å². The van der Waals surface area contributed by atoms with Crippen molar-refractivity contribution in [3.8, 4) is 6.07 Å². The molecule has 0 radical (unpaired) electrons. The average Bonchev–Trinajstić information content (AvgIpc) is 2.93. The fourth-order valence-corrected chi connectivity index (χ4v) is 4.91. The summed E-state index contributed by atoms with van der Waals surface area (Å²) in [5.41, 5.74) is 8.48. The number of halogens is 2. The van der Waals surface area contributed by atoms with E-state index in [1.165, 1.54) is 23.5 Å². The summed E-state index contributed by atoms with van der Waals surface area (Å²) >= 11 is 7.56. The number of nitrogens with one attached hydrogen (secondary N) is 1. The maximum absolute atomic E-state index is 14.5. The minimum atomic E-state index is -0.569. The summed E-state index contributed by atoms with van der Waals surface area (Å²) in [6, 6.07) is 6.50. The zero-order valence-corrected chi connectivity index (χ0v) is 15.1. The van der Waals surface area contributed by atoms with E-state index in [2.05, 4.69) is 16.4 Å². The Balaban J connectivity index is 2.07. The summed E-state index contributed by atoms with van der Waals surface area (Å²) in [5.74, 6) is -1.14. The van der Waals surface area contributed by atoms with Crippen molar-refractivity contribution in [2.75, 3.05) is 11.1 Å². The second-order valence-electron chi connectivity index (χ2n) is 6.07. The number of rotatable bonds is 1. The number of benzene rings is 1. The molecule has 26 heavy (non-hydrogen) atoms. The third-order valence-electron chi connectivity index (χ3n) is 4.57. The third-order valence-corrected chi connectivity index (χ3v) is 6.13. The highest BCUT2D eigenvalue weighted by Crippen LogP contribution is 2.49. The number of aromatic nitrogens is 1. The molecule has 4 rings (SSSR count). The first kappa shape index (κ1) is 16.8. The minimum Gasteiger partial charge on any atom is -0.383 e. The van der Waals surface area contributed by atoms with Crippen molar-refractivity contribution in [3.63, 3.8) is 0 Å². The lowest BCUT2D eigenvalue weighted by Gasteiger charge is -2.24. The van der Waals surface area contributed by atoms with Gasteiger partial charge in [-0.15, -0.1) is 11.3 Å². The highest BCUT2D eigenvalue weighted by atomic mass is 35.5. The van der Waals surface area contributed by atoms with E-state index < -0.39 is 11.7 Å². The van der Waals surface area contributed by atoms with Gasteiger partial charge in [-0.1, -0.05) is 17.7 Å². The lowest BCUT2D eigenvalue weighted by molar-refractivity contribution is -0.116. The first-order valence-electron chi connectivity index (χ1n) is 7.78. The van der Waals surface area contributed by atoms with Crippen LogP contribution in [0.1, 0.15) is 34.6 Å². The number of nitriles is 1. The molecular formula is C18H12ClFN4OS. The van der Waals surface area contributed by atoms with Crippen LogP contribution in [0.15, 0.2) is 18.2 Å². The first-order chi connectivity index (χ1) is 12.4. The molecule has 3 heterocycles. The standard InChI is InChI=1S/C18H12ClFN4OS/c1-7-9(6-21)17(22)24-15-14-8(13-10(19)3-2-4-11(13)20)5-12(25)23-18(14)26-16(7)15/h2-4,8H,5H2,1H3,(H2,22,24)(H,23,25)/t8-/m1/s1. The SMILES string of the molecule is Cc1c(C#N)c(N)nc2c3c(sc12)NC(=O)C[C@@H]3c1c(F)cccc1Cl. The largest absolute Gasteiger partial charge is 0.383 e. The molecule has 3 aromatic rings. The van der Waals surface area contributed by atoms with Gasteiger partial charge in [0.15, 0.2) is 0 Å². The van der Waals surface area contributed by atoms with E-state index >= 15 is 0 Å². The Bertz CT molecular complexity index is 1110. The number of nitrogens with zero attached hydrogens (tertiary/aromatic N) is 2. The summed E-state index contributed by atoms with van der Waals surface area (Å²) in [4.78, 5) is 16.6. The van der Waals surface area contributed by atoms with E-state index in [0.717, 1.165) is 4.70 Å². The minimum absolute atomic E-state index is 0.0557. The Kier molecular flexibility index (Phi) is 3.83. The predicted molar refractivity (Wildman–Crippen MR) is 100.0 cm³/mol. The summed E-state index contributed by atoms with van der Waals surface area (Å²) in [5, 5.41) is 13.0. The van der Waals surface area contributed by atoms with Gasteiger partial charge in [0.05, 0.1) is 15.8 Å². The molecule has 1 aliphatic heterocycles. The second-order valence-corrected chi connectivity index (χ2v) is 7.50. The van der Waals surface area contributed by atoms with Gasteiger partial charge in [-0.25, -0.2) is 9.37 Å². The molecule has 2 aromatic heterocycles. The summed E-state index contributed by atoms with van der Waals surface area (Å²) < 4.78 is 15.3. The van der Waals surface area contributed by atoms with E-state index in [9.17, 15) is 14.4 Å². The highest BCUT2D eigenvalue weighted by Gasteiger charge is 2.34. The van der Waals surface area contributed by atoms with Crippen LogP contribution in [0.3, 0.4) is 0 Å². The van der Waals surface area contributed by atoms with Crippen LogP contribution in [0.2, 0.25) is 5.02 Å². The number of nitrogens with two attached hydrogens (primary N) is 1. The van der Waals surface area contributed by atoms with Crippen molar-refractivity contribution >= 4 is 49.9 Å². The Morgan fingerprint density at radius 1 is 1.46 bits per heavy atom. The van der Waals surface area contributed by atoms with Gasteiger partial charge in [-0.05, 0) is 24.6 Å². The van der Waals surface area contributed by atoms with E-state index in [1.807, 2.05) is 0 Å². The van der Waals surface area contributed by atoms with E-state index in [4.69, 9.17) is 17.3 Å². The Morgan fingerprint density at radius 2 is 2.23 bits per heavy atom. The van der Waals surface area contributed by atoms with Gasteiger partial charge >= 0.3 is 0 Å². The van der Waals surface area contributed by atoms with Gasteiger partial charge in [-0.3, -0.25) is 4.79 Å². The topological polar surface area (TPSA) is 91.8 Å². The molecule has 1 amide bonds. The Hall–Kier alpha value is -2.69. The zero-order valence-electron chi connectivity index (χ0n) is 13.6. The van der Waals surface area contributed by atoms with Crippen LogP contribution in [0.4, 0.5) is 15.2 Å². The lowest BCUT2D eigenvalue weighted by atomic mass is 9.86. The summed E-state index contributed by atoms with van der Waals surface area (Å²) in [7, 11) is 0. The number of anilines is 2. The zero-order chi connectivity index (χ0) is 18.6. The fraction of sp³-hybridized carbons (Fsp3) is 0.167. The molecule has 5 nitrogen and oxygen atoms in total. The molecule has 0 spiro atoms. The molecule has 0 saturated heterocycles. The summed E-state index contributed by atoms with van der Waals surface area (Å²) in [6.45, 7) is 1.79. The fourth-order valence-electron chi connectivity index (χ4n) is 3.39. The molecule has 3 N–H and O–H groups in total. The van der Waals surface area contributed by atoms with Crippen molar-refractivity contribution in [3.05, 3.63) is 51.3 Å². The van der Waals surface area contributed by atoms with E-state index in [0.29, 0.717) is 27.2 Å². The predicted octanol–water partition coefficient (Wildman–Crippen LogP) is 4.33. The monoisotopic (exact) mass is 386 g/mol. The number of fused-ring (bicyclic) bond motifs is 3. The van der Waals surface area contributed by atoms with Gasteiger partial charge in [0.2, 0.25) is 5.91 Å². The lowest BCUT2D eigenvalue weighted by Crippen LogP contribution is -2.23. The molecule has 0 unspecified atom stereocenters. The number of amides is 1. The van der Waals surface area contributed by atoms with Gasteiger partial charge in [0, 0.05) is 28.5 Å². The molecule has 0 saturated carbocycles. The third kappa shape index (κ3) is 2.34. The first-order valence-corrected chi connectivity index (χ1v) is 8.98. The number of thiophene rings is 1. The van der Waals surface area contributed by atoms with Crippen LogP contribution in [-0.2, 0) is 4.79 Å². The van der Waals surface area contributed by atoms with Crippen LogP contribution >= 0.6 is 22.9 Å². The number of carbonyl (C=O) groups excluding carboxylic acids is 1. The average molecular weight is 387 g/mol. The molecule has 0 bridgehead atoms. The number of hydrogen-bond acceptors (Lipinski definition) is 5. The Morgan fingerprint density at radius 3 is 2.92 bits per heavy atom. The highest BCUT2D eigenvalue weighted by molar-refractivity contribution is 7.23. The normalized spacial score (nSPS) is 16.2. The maximum Gasteiger partial charge on any atom is 0.225 e. The molecule has 1 atom stereocenters. The molecule has 8 heteroatoms. The number of carbonyl (C=O) groups is 1. The van der Waals surface area contributed by atoms with Gasteiger partial charge in [0.25, 0.3) is 0 Å². The number of aryl methyl sites for hydroxylation is 1. The van der Waals surface area contributed by atoms with Crippen molar-refractivity contribution < 1.29 is 9.18 Å². The number of nitrogen functional groups attached to an aromatic ring is 1. The van der Waals surface area contributed by atoms with Gasteiger partial charge in [0.1, 0.15) is 22.7 Å². The van der Waals surface area contributed by atoms with Crippen LogP contribution in [0.25, 0.3) is 10.2 Å². The summed E-state index contributed by atoms with van der Waals surface area (Å²) in [6.07, 6.45) is 0.0557. The van der Waals surface area contributed by atoms with Crippen LogP contribution in [0.5, 0.6) is 0 Å². The van der Waals surface area contributed by atoms with Gasteiger partial charge < -0.3 is 11.1 Å². The number of pyridine rings is 1. The van der Waals surface area contributed by atoms with Crippen LogP contribution in [0, 0.1) is 24.1 Å². The number of hydrogen-bond donors (Lipinski definition) is 2. The molecule has 1 aliphatic rings. The van der Waals surface area contributed by atoms with Crippen molar-refractivity contribution in [1.29, 1.82) is 5.26 Å². The molecule has 130 valence electrons.